The van der Waals surface area contributed by atoms with E-state index in [1.807, 2.05) is 0 Å². The maximum atomic E-state index is 13.4. The van der Waals surface area contributed by atoms with E-state index in [0.717, 1.165) is 49.4 Å². The zero-order valence-electron chi connectivity index (χ0n) is 62.8. The van der Waals surface area contributed by atoms with Crippen LogP contribution in [-0.4, -0.2) is 343 Å². The summed E-state index contributed by atoms with van der Waals surface area (Å²) in [4.78, 5) is 26.5. The number of unbranched alkanes of at least 4 members (excludes halogenated alkanes) is 3. The summed E-state index contributed by atoms with van der Waals surface area (Å²) in [6.45, 7) is 9.94. The van der Waals surface area contributed by atoms with Gasteiger partial charge in [0.25, 0.3) is 0 Å². The number of hydrogen-bond acceptors (Lipinski definition) is 33. The number of alkyl carbamates (subject to hydrolysis) is 2. The van der Waals surface area contributed by atoms with Crippen molar-refractivity contribution in [3.63, 3.8) is 0 Å². The van der Waals surface area contributed by atoms with E-state index < -0.39 is 229 Å². The van der Waals surface area contributed by atoms with Crippen LogP contribution in [0.2, 0.25) is 0 Å². The zero-order valence-corrected chi connectivity index (χ0v) is 62.8. The smallest absolute Gasteiger partial charge is 0.407 e. The summed E-state index contributed by atoms with van der Waals surface area (Å²) in [5.41, 5.74) is 1.97. The lowest BCUT2D eigenvalue weighted by Gasteiger charge is -2.58. The number of aliphatic hydroxyl groups is 17. The van der Waals surface area contributed by atoms with Crippen LogP contribution < -0.4 is 10.6 Å². The van der Waals surface area contributed by atoms with Gasteiger partial charge in [0, 0.05) is 26.6 Å². The summed E-state index contributed by atoms with van der Waals surface area (Å²) in [5, 5.41) is 192. The minimum absolute atomic E-state index is 0.114. The third-order valence-corrected chi connectivity index (χ3v) is 25.2. The number of methoxy groups -OCH3 is 1. The molecule has 9 fully saturated rings. The summed E-state index contributed by atoms with van der Waals surface area (Å²) in [7, 11) is 1.17. The molecule has 19 N–H and O–H groups in total. The molecule has 6 aliphatic heterocycles. The van der Waals surface area contributed by atoms with Gasteiger partial charge in [-0.2, -0.15) is 0 Å². The molecule has 0 bridgehead atoms. The van der Waals surface area contributed by atoms with Crippen molar-refractivity contribution in [3.05, 3.63) is 11.6 Å². The van der Waals surface area contributed by atoms with Crippen LogP contribution in [0.4, 0.5) is 9.59 Å². The molecule has 6 heterocycles. The maximum Gasteiger partial charge on any atom is 0.407 e. The van der Waals surface area contributed by atoms with Gasteiger partial charge in [0.05, 0.1) is 32.5 Å². The molecule has 2 amide bonds. The highest BCUT2D eigenvalue weighted by Gasteiger charge is 2.61. The highest BCUT2D eigenvalue weighted by atomic mass is 16.8. The van der Waals surface area contributed by atoms with Crippen molar-refractivity contribution in [2.24, 2.45) is 46.3 Å². The predicted molar refractivity (Wildman–Crippen MR) is 369 cm³/mol. The molecule has 10 rings (SSSR count). The minimum Gasteiger partial charge on any atom is -0.447 e. The van der Waals surface area contributed by atoms with Crippen molar-refractivity contribution in [3.8, 4) is 0 Å². The number of nitrogens with one attached hydrogen (secondary N) is 2. The van der Waals surface area contributed by atoms with E-state index in [0.29, 0.717) is 49.5 Å². The van der Waals surface area contributed by atoms with Crippen LogP contribution in [0.15, 0.2) is 11.6 Å². The van der Waals surface area contributed by atoms with Crippen LogP contribution in [0.5, 0.6) is 0 Å². The van der Waals surface area contributed by atoms with Gasteiger partial charge in [-0.25, -0.2) is 9.59 Å². The molecular weight excluding hydrogens is 1430 g/mol. The molecule has 0 aromatic heterocycles. The number of allylic oxidation sites excluding steroid dienone is 1. The molecule has 38 atom stereocenters. The second-order valence-electron chi connectivity index (χ2n) is 32.5. The van der Waals surface area contributed by atoms with Gasteiger partial charge in [-0.1, -0.05) is 85.3 Å². The predicted octanol–water partition coefficient (Wildman–Crippen LogP) is -2.60. The van der Waals surface area contributed by atoms with E-state index >= 15 is 0 Å². The average Bonchev–Trinajstić information content (AvgIpc) is 1.18. The van der Waals surface area contributed by atoms with Crippen LogP contribution in [0.3, 0.4) is 0 Å². The van der Waals surface area contributed by atoms with Crippen LogP contribution in [0.1, 0.15) is 144 Å². The SMILES string of the molecule is CCC1OC(OC2C(CO)OC(OC3C(COC(=O)NCCCCCCNC(=O)OC4CCC5(C)C(=CCC6C5CCC5(C)C(C(C)CCCC(C)C)CCC65)C4)OC(OCC4OC(OC5C(CO)OC(OC6C(CO)OC(OC)C(O)C6O)C(O)C5O)C(O)C(O)C4O)C(O)C3O)C(O)C2O)C(O)C(O)C1O. The minimum atomic E-state index is -2.16. The van der Waals surface area contributed by atoms with E-state index in [2.05, 4.69) is 51.3 Å². The molecule has 38 unspecified atom stereocenters. The molecule has 0 aromatic rings. The van der Waals surface area contributed by atoms with E-state index in [9.17, 15) is 96.4 Å². The fourth-order valence-electron chi connectivity index (χ4n) is 18.9. The van der Waals surface area contributed by atoms with E-state index in [4.69, 9.17) is 66.3 Å². The standard InChI is InChI=1S/C73H124N2O33/c1-8-40-46(79)48(81)54(87)66(99-40)105-61-42(28-77)102-69(59(92)53(61)86)108-63-45(104-65(57(90)51(63)84)96-30-44-47(80)49(82)55(88)67(103-44)106-62-43(29-78)101-68(58(91)52(62)85)107-60-41(27-76)100-64(95-7)56(89)50(60)83)31-97-70(93)74-24-11-9-10-12-25-75-71(94)98-35-20-22-72(5)34(26-35)16-17-36-38-19-18-37(33(4)15-13-14-32(2)3)73(38,6)23-21-39(36)72/h16,32-33,35-69,76-92H,8-15,17-31H2,1-7H3,(H,74,93)(H,75,94). The first kappa shape index (κ1) is 87.5. The molecule has 0 radical (unpaired) electrons. The second-order valence-corrected chi connectivity index (χ2v) is 32.5. The van der Waals surface area contributed by atoms with Gasteiger partial charge in [0.2, 0.25) is 0 Å². The number of fused-ring (bicyclic) bond motifs is 5. The van der Waals surface area contributed by atoms with Crippen molar-refractivity contribution < 1.29 is 163 Å². The molecule has 624 valence electrons. The van der Waals surface area contributed by atoms with Gasteiger partial charge >= 0.3 is 12.2 Å². The summed E-state index contributed by atoms with van der Waals surface area (Å²) in [6, 6.07) is 0. The number of amides is 2. The Hall–Kier alpha value is -2.88. The summed E-state index contributed by atoms with van der Waals surface area (Å²) in [5.74, 6) is 4.41. The van der Waals surface area contributed by atoms with Crippen molar-refractivity contribution in [1.82, 2.24) is 10.6 Å². The third kappa shape index (κ3) is 19.3. The topological polar surface area (TPSA) is 531 Å². The molecule has 108 heavy (non-hydrogen) atoms. The Bertz CT molecular complexity index is 2820. The largest absolute Gasteiger partial charge is 0.447 e. The van der Waals surface area contributed by atoms with Crippen molar-refractivity contribution >= 4 is 12.2 Å². The number of carbonyl (C=O) groups excluding carboxylic acids is 2. The number of carbonyl (C=O) groups is 2. The second kappa shape index (κ2) is 38.7. The summed E-state index contributed by atoms with van der Waals surface area (Å²) < 4.78 is 80.0. The number of rotatable bonds is 31. The van der Waals surface area contributed by atoms with Crippen LogP contribution in [0, 0.1) is 46.3 Å². The summed E-state index contributed by atoms with van der Waals surface area (Å²) in [6.07, 6.45) is -38.4. The first-order valence-electron chi connectivity index (χ1n) is 39.0. The van der Waals surface area contributed by atoms with E-state index in [-0.39, 0.29) is 24.5 Å². The molecule has 35 heteroatoms. The Morgan fingerprint density at radius 2 is 0.954 bits per heavy atom. The monoisotopic (exact) mass is 1560 g/mol. The fraction of sp³-hybridized carbons (Fsp3) is 0.945. The van der Waals surface area contributed by atoms with Crippen LogP contribution >= 0.6 is 0 Å². The average molecular weight is 1560 g/mol. The normalized spacial score (nSPS) is 46.6. The van der Waals surface area contributed by atoms with Gasteiger partial charge in [0.1, 0.15) is 153 Å². The lowest BCUT2D eigenvalue weighted by atomic mass is 9.47. The Balaban J connectivity index is 0.710. The highest BCUT2D eigenvalue weighted by Crippen LogP contribution is 2.67. The number of hydrogen-bond donors (Lipinski definition) is 19. The molecule has 0 spiro atoms. The van der Waals surface area contributed by atoms with Crippen LogP contribution in [0.25, 0.3) is 0 Å². The first-order chi connectivity index (χ1) is 51.4. The summed E-state index contributed by atoms with van der Waals surface area (Å²) >= 11 is 0. The Morgan fingerprint density at radius 1 is 0.491 bits per heavy atom. The molecule has 3 saturated carbocycles. The zero-order chi connectivity index (χ0) is 78.4. The van der Waals surface area contributed by atoms with Gasteiger partial charge in [-0.3, -0.25) is 0 Å². The lowest BCUT2D eigenvalue weighted by molar-refractivity contribution is -0.385. The fourth-order valence-corrected chi connectivity index (χ4v) is 18.9. The molecule has 10 aliphatic rings. The Morgan fingerprint density at radius 3 is 1.47 bits per heavy atom. The van der Waals surface area contributed by atoms with Crippen molar-refractivity contribution in [2.75, 3.05) is 53.2 Å². The van der Waals surface area contributed by atoms with Gasteiger partial charge in [0.15, 0.2) is 37.7 Å². The molecule has 35 nitrogen and oxygen atoms in total. The van der Waals surface area contributed by atoms with Gasteiger partial charge in [-0.15, -0.1) is 0 Å². The Labute approximate surface area is 629 Å². The number of aliphatic hydroxyl groups excluding tert-OH is 17. The maximum absolute atomic E-state index is 13.4. The van der Waals surface area contributed by atoms with E-state index in [1.54, 1.807) is 6.92 Å². The van der Waals surface area contributed by atoms with Crippen molar-refractivity contribution in [2.45, 2.75) is 335 Å². The molecule has 0 aromatic carbocycles. The van der Waals surface area contributed by atoms with Gasteiger partial charge in [-0.05, 0) is 111 Å². The molecule has 6 saturated heterocycles. The molecule has 4 aliphatic carbocycles. The van der Waals surface area contributed by atoms with Crippen LogP contribution in [-0.2, 0) is 66.3 Å². The van der Waals surface area contributed by atoms with Gasteiger partial charge < -0.3 is 164 Å². The Kier molecular flexibility index (Phi) is 31.4. The van der Waals surface area contributed by atoms with E-state index in [1.165, 1.54) is 57.6 Å². The van der Waals surface area contributed by atoms with Crippen molar-refractivity contribution in [1.29, 1.82) is 0 Å². The molecular formula is C73H124N2O33. The quantitative estimate of drug-likeness (QED) is 0.0250. The first-order valence-corrected chi connectivity index (χ1v) is 39.0. The third-order valence-electron chi connectivity index (χ3n) is 25.2. The highest BCUT2D eigenvalue weighted by molar-refractivity contribution is 5.67. The number of ether oxygens (including phenoxy) is 14. The lowest BCUT2D eigenvalue weighted by Crippen LogP contribution is -2.67.